The summed E-state index contributed by atoms with van der Waals surface area (Å²) in [5.74, 6) is 0.791. The number of aryl methyl sites for hydroxylation is 1. The number of phenols is 1. The van der Waals surface area contributed by atoms with Gasteiger partial charge in [0.2, 0.25) is 10.0 Å². The molecule has 47 heavy (non-hydrogen) atoms. The molecule has 0 atom stereocenters. The van der Waals surface area contributed by atoms with E-state index in [1.807, 2.05) is 114 Å². The number of ether oxygens (including phenoxy) is 1. The molecule has 1 aliphatic rings. The molecule has 0 saturated heterocycles. The number of rotatable bonds is 10. The quantitative estimate of drug-likeness (QED) is 0.101. The Bertz CT molecular complexity index is 2030. The lowest BCUT2D eigenvalue weighted by atomic mass is 9.92. The standard InChI is InChI=1S/C38H42N4O4S/c1-24(2)38(5,6)42-47(44,45)32-16-13-27(14-17-32)21-28-23-35(46-7)34(20-25(28)3)40-41-36-26(4)19-29-22-31(15-18-33(29)37(36)43)39-30-11-9-8-10-12-30/h8-24,39,41-43H,1-7H3. The van der Waals surface area contributed by atoms with Crippen molar-refractivity contribution in [3.8, 4) is 5.75 Å². The van der Waals surface area contributed by atoms with Gasteiger partial charge in [0.25, 0.3) is 0 Å². The minimum atomic E-state index is -3.66. The molecule has 5 rings (SSSR count). The van der Waals surface area contributed by atoms with E-state index in [9.17, 15) is 13.5 Å². The SMILES string of the molecule is COC1=CC(=Cc2ccc(S(=O)(=O)NC(C)(C)C(C)C)cc2)C(C)=CC1=NNc1c(C)cc2cc(Nc3ccccc3)ccc2c1O. The fourth-order valence-corrected chi connectivity index (χ4v) is 6.63. The van der Waals surface area contributed by atoms with Gasteiger partial charge < -0.3 is 15.2 Å². The lowest BCUT2D eigenvalue weighted by Crippen LogP contribution is -2.47. The van der Waals surface area contributed by atoms with E-state index in [1.54, 1.807) is 31.4 Å². The van der Waals surface area contributed by atoms with Crippen LogP contribution >= 0.6 is 0 Å². The molecular formula is C38H42N4O4S. The van der Waals surface area contributed by atoms with Gasteiger partial charge in [-0.05, 0) is 128 Å². The summed E-state index contributed by atoms with van der Waals surface area (Å²) in [5, 5.41) is 20.8. The molecule has 244 valence electrons. The number of fused-ring (bicyclic) bond motifs is 1. The van der Waals surface area contributed by atoms with E-state index >= 15 is 0 Å². The molecule has 1 aliphatic carbocycles. The van der Waals surface area contributed by atoms with Crippen molar-refractivity contribution in [3.63, 3.8) is 0 Å². The van der Waals surface area contributed by atoms with E-state index in [4.69, 9.17) is 4.74 Å². The first-order valence-electron chi connectivity index (χ1n) is 15.5. The number of benzene rings is 4. The first kappa shape index (κ1) is 33.5. The highest BCUT2D eigenvalue weighted by molar-refractivity contribution is 7.89. The van der Waals surface area contributed by atoms with E-state index in [1.165, 1.54) is 0 Å². The Morgan fingerprint density at radius 1 is 0.915 bits per heavy atom. The Morgan fingerprint density at radius 2 is 1.62 bits per heavy atom. The molecule has 0 saturated carbocycles. The molecule has 0 aliphatic heterocycles. The molecule has 0 fully saturated rings. The van der Waals surface area contributed by atoms with Crippen LogP contribution in [-0.4, -0.2) is 31.9 Å². The van der Waals surface area contributed by atoms with E-state index < -0.39 is 15.6 Å². The van der Waals surface area contributed by atoms with Crippen molar-refractivity contribution < 1.29 is 18.3 Å². The summed E-state index contributed by atoms with van der Waals surface area (Å²) in [5.41, 5.74) is 9.02. The van der Waals surface area contributed by atoms with Gasteiger partial charge in [-0.3, -0.25) is 5.43 Å². The summed E-state index contributed by atoms with van der Waals surface area (Å²) in [6.45, 7) is 11.6. The van der Waals surface area contributed by atoms with Crippen molar-refractivity contribution in [1.29, 1.82) is 0 Å². The van der Waals surface area contributed by atoms with Gasteiger partial charge in [0.1, 0.15) is 22.9 Å². The van der Waals surface area contributed by atoms with Gasteiger partial charge in [-0.2, -0.15) is 5.10 Å². The molecule has 0 amide bonds. The van der Waals surface area contributed by atoms with Gasteiger partial charge in [-0.15, -0.1) is 0 Å². The number of anilines is 3. The highest BCUT2D eigenvalue weighted by Gasteiger charge is 2.29. The number of sulfonamides is 1. The molecule has 0 unspecified atom stereocenters. The molecule has 4 aromatic carbocycles. The van der Waals surface area contributed by atoms with Gasteiger partial charge in [-0.25, -0.2) is 13.1 Å². The maximum Gasteiger partial charge on any atom is 0.241 e. The van der Waals surface area contributed by atoms with Crippen LogP contribution in [0.4, 0.5) is 17.1 Å². The lowest BCUT2D eigenvalue weighted by Gasteiger charge is -2.30. The molecule has 9 heteroatoms. The zero-order chi connectivity index (χ0) is 33.9. The summed E-state index contributed by atoms with van der Waals surface area (Å²) >= 11 is 0. The number of methoxy groups -OCH3 is 1. The van der Waals surface area contributed by atoms with Crippen LogP contribution < -0.4 is 15.5 Å². The van der Waals surface area contributed by atoms with E-state index in [0.717, 1.165) is 39.0 Å². The Kier molecular flexibility index (Phi) is 9.60. The number of phenolic OH excluding ortho intramolecular Hbond substituents is 1. The van der Waals surface area contributed by atoms with Crippen molar-refractivity contribution in [1.82, 2.24) is 4.72 Å². The van der Waals surface area contributed by atoms with Crippen LogP contribution in [0.15, 0.2) is 118 Å². The summed E-state index contributed by atoms with van der Waals surface area (Å²) < 4.78 is 34.4. The van der Waals surface area contributed by atoms with Gasteiger partial charge in [0.05, 0.1) is 12.0 Å². The highest BCUT2D eigenvalue weighted by atomic mass is 32.2. The van der Waals surface area contributed by atoms with Crippen LogP contribution in [0.25, 0.3) is 16.8 Å². The number of hydrogen-bond acceptors (Lipinski definition) is 7. The summed E-state index contributed by atoms with van der Waals surface area (Å²) in [4.78, 5) is 0.217. The number of hydrazone groups is 1. The molecule has 0 radical (unpaired) electrons. The Hall–Kier alpha value is -4.86. The Labute approximate surface area is 277 Å². The third-order valence-electron chi connectivity index (χ3n) is 8.58. The van der Waals surface area contributed by atoms with E-state index in [2.05, 4.69) is 20.6 Å². The lowest BCUT2D eigenvalue weighted by molar-refractivity contribution is 0.315. The molecule has 0 spiro atoms. The minimum Gasteiger partial charge on any atom is -0.505 e. The van der Waals surface area contributed by atoms with Crippen molar-refractivity contribution in [2.45, 2.75) is 52.0 Å². The molecule has 0 aromatic heterocycles. The average Bonchev–Trinajstić information content (AvgIpc) is 3.02. The molecule has 4 N–H and O–H groups in total. The van der Waals surface area contributed by atoms with Gasteiger partial charge in [0.15, 0.2) is 0 Å². The zero-order valence-corrected chi connectivity index (χ0v) is 28.7. The topological polar surface area (TPSA) is 112 Å². The summed E-state index contributed by atoms with van der Waals surface area (Å²) in [6.07, 6.45) is 5.77. The fraction of sp³-hybridized carbons (Fsp3) is 0.237. The number of allylic oxidation sites excluding steroid dienone is 4. The highest BCUT2D eigenvalue weighted by Crippen LogP contribution is 2.38. The molecule has 0 bridgehead atoms. The second-order valence-corrected chi connectivity index (χ2v) is 14.3. The summed E-state index contributed by atoms with van der Waals surface area (Å²) in [6, 6.07) is 24.6. The van der Waals surface area contributed by atoms with Crippen LogP contribution in [0, 0.1) is 12.8 Å². The number of para-hydroxylation sites is 1. The number of nitrogens with zero attached hydrogens (tertiary/aromatic N) is 1. The largest absolute Gasteiger partial charge is 0.505 e. The third-order valence-corrected chi connectivity index (χ3v) is 10.3. The van der Waals surface area contributed by atoms with Crippen LogP contribution in [0.5, 0.6) is 5.75 Å². The normalized spacial score (nSPS) is 15.6. The summed E-state index contributed by atoms with van der Waals surface area (Å²) in [7, 11) is -2.08. The number of hydrogen-bond donors (Lipinski definition) is 4. The van der Waals surface area contributed by atoms with Crippen LogP contribution in [-0.2, 0) is 14.8 Å². The predicted octanol–water partition coefficient (Wildman–Crippen LogP) is 8.65. The second-order valence-electron chi connectivity index (χ2n) is 12.6. The number of nitrogens with one attached hydrogen (secondary N) is 3. The fourth-order valence-electron chi connectivity index (χ4n) is 5.09. The predicted molar refractivity (Wildman–Crippen MR) is 194 cm³/mol. The number of aromatic hydroxyl groups is 1. The molecule has 8 nitrogen and oxygen atoms in total. The van der Waals surface area contributed by atoms with Crippen molar-refractivity contribution in [2.75, 3.05) is 17.9 Å². The van der Waals surface area contributed by atoms with Gasteiger partial charge >= 0.3 is 0 Å². The molecule has 0 heterocycles. The van der Waals surface area contributed by atoms with Gasteiger partial charge in [0, 0.05) is 22.3 Å². The van der Waals surface area contributed by atoms with Crippen molar-refractivity contribution in [2.24, 2.45) is 11.0 Å². The average molecular weight is 651 g/mol. The molecular weight excluding hydrogens is 609 g/mol. The van der Waals surface area contributed by atoms with Crippen LogP contribution in [0.2, 0.25) is 0 Å². The first-order valence-corrected chi connectivity index (χ1v) is 17.0. The van der Waals surface area contributed by atoms with Gasteiger partial charge in [-0.1, -0.05) is 44.2 Å². The minimum absolute atomic E-state index is 0.115. The maximum atomic E-state index is 13.0. The molecule has 4 aromatic rings. The van der Waals surface area contributed by atoms with E-state index in [-0.39, 0.29) is 16.6 Å². The Morgan fingerprint density at radius 3 is 2.28 bits per heavy atom. The Balaban J connectivity index is 1.35. The third kappa shape index (κ3) is 7.59. The van der Waals surface area contributed by atoms with Crippen molar-refractivity contribution >= 4 is 49.6 Å². The first-order chi connectivity index (χ1) is 22.3. The van der Waals surface area contributed by atoms with E-state index in [0.29, 0.717) is 22.5 Å². The monoisotopic (exact) mass is 650 g/mol. The van der Waals surface area contributed by atoms with Crippen LogP contribution in [0.1, 0.15) is 45.7 Å². The van der Waals surface area contributed by atoms with Crippen molar-refractivity contribution in [3.05, 3.63) is 119 Å². The smallest absolute Gasteiger partial charge is 0.241 e. The van der Waals surface area contributed by atoms with Crippen LogP contribution in [0.3, 0.4) is 0 Å². The second kappa shape index (κ2) is 13.5. The maximum absolute atomic E-state index is 13.0. The zero-order valence-electron chi connectivity index (χ0n) is 27.8.